The molecule has 9 heteroatoms. The smallest absolute Gasteiger partial charge is 0.229 e. The number of ether oxygens (including phenoxy) is 3. The fourth-order valence-electron chi connectivity index (χ4n) is 3.25. The van der Waals surface area contributed by atoms with E-state index >= 15 is 0 Å². The van der Waals surface area contributed by atoms with Gasteiger partial charge in [0.1, 0.15) is 30.3 Å². The minimum Gasteiger partial charge on any atom is -0.504 e. The van der Waals surface area contributed by atoms with Gasteiger partial charge in [0, 0.05) is 0 Å². The molecule has 1 aliphatic rings. The summed E-state index contributed by atoms with van der Waals surface area (Å²) in [5.74, 6) is 0.0701. The number of phenols is 1. The lowest BCUT2D eigenvalue weighted by Gasteiger charge is -2.34. The Morgan fingerprint density at radius 2 is 1.77 bits per heavy atom. The van der Waals surface area contributed by atoms with E-state index in [0.29, 0.717) is 16.9 Å². The fraction of sp³-hybridized carbons (Fsp3) is 0.286. The average Bonchev–Trinajstić information content (AvgIpc) is 2.76. The van der Waals surface area contributed by atoms with Crippen LogP contribution in [-0.2, 0) is 4.74 Å². The van der Waals surface area contributed by atoms with Gasteiger partial charge in [0.15, 0.2) is 11.3 Å². The summed E-state index contributed by atoms with van der Waals surface area (Å²) in [6.45, 7) is -0.278. The molecule has 0 unspecified atom stereocenters. The molecule has 1 fully saturated rings. The molecule has 1 aliphatic heterocycles. The number of aliphatic hydroxyl groups excluding tert-OH is 3. The number of phenolic OH excluding ortho intramolecular Hbond substituents is 1. The quantitative estimate of drug-likeness (QED) is 0.490. The molecular formula is C21H20O9. The first-order chi connectivity index (χ1) is 14.4. The van der Waals surface area contributed by atoms with Crippen LogP contribution in [0.1, 0.15) is 0 Å². The topological polar surface area (TPSA) is 139 Å². The standard InChI is InChI=1S/C21H20O9/c1-27-11-4-2-10(3-5-11)13-8-28-19-12(16(13)24)6-7-14(22)20(19)30-21-18(26)17(25)15(23)9-29-21/h2-8,15,17-18,21-23,25-26H,9H2,1H3/t15-,17-,18-,21+/m1/s1. The first-order valence-corrected chi connectivity index (χ1v) is 9.15. The number of rotatable bonds is 4. The van der Waals surface area contributed by atoms with Crippen molar-refractivity contribution in [2.45, 2.75) is 24.6 Å². The summed E-state index contributed by atoms with van der Waals surface area (Å²) < 4.78 is 21.4. The Kier molecular flexibility index (Phi) is 5.35. The number of benzene rings is 2. The lowest BCUT2D eigenvalue weighted by Crippen LogP contribution is -2.54. The molecule has 4 atom stereocenters. The first-order valence-electron chi connectivity index (χ1n) is 9.15. The van der Waals surface area contributed by atoms with Gasteiger partial charge in [0.2, 0.25) is 17.5 Å². The van der Waals surface area contributed by atoms with Crippen molar-refractivity contribution in [2.75, 3.05) is 13.7 Å². The van der Waals surface area contributed by atoms with Crippen LogP contribution in [0.15, 0.2) is 51.9 Å². The van der Waals surface area contributed by atoms with Gasteiger partial charge in [-0.15, -0.1) is 0 Å². The van der Waals surface area contributed by atoms with Gasteiger partial charge < -0.3 is 39.1 Å². The van der Waals surface area contributed by atoms with Crippen LogP contribution < -0.4 is 14.9 Å². The zero-order valence-corrected chi connectivity index (χ0v) is 15.9. The van der Waals surface area contributed by atoms with E-state index in [1.807, 2.05) is 0 Å². The molecule has 3 aromatic rings. The van der Waals surface area contributed by atoms with Crippen LogP contribution in [0.4, 0.5) is 0 Å². The van der Waals surface area contributed by atoms with E-state index in [2.05, 4.69) is 0 Å². The molecule has 2 heterocycles. The highest BCUT2D eigenvalue weighted by atomic mass is 16.7. The Balaban J connectivity index is 1.74. The van der Waals surface area contributed by atoms with Gasteiger partial charge in [0.05, 0.1) is 24.7 Å². The summed E-state index contributed by atoms with van der Waals surface area (Å²) in [5, 5.41) is 39.8. The van der Waals surface area contributed by atoms with E-state index < -0.39 is 24.6 Å². The highest BCUT2D eigenvalue weighted by molar-refractivity contribution is 5.88. The zero-order valence-electron chi connectivity index (χ0n) is 15.9. The summed E-state index contributed by atoms with van der Waals surface area (Å²) in [6.07, 6.45) is -4.48. The molecule has 9 nitrogen and oxygen atoms in total. The van der Waals surface area contributed by atoms with Crippen molar-refractivity contribution in [3.05, 3.63) is 52.9 Å². The van der Waals surface area contributed by atoms with E-state index in [-0.39, 0.29) is 34.5 Å². The molecule has 4 rings (SSSR count). The van der Waals surface area contributed by atoms with Gasteiger partial charge >= 0.3 is 0 Å². The number of hydrogen-bond acceptors (Lipinski definition) is 9. The molecule has 0 bridgehead atoms. The van der Waals surface area contributed by atoms with E-state index in [0.717, 1.165) is 0 Å². The normalized spacial score (nSPS) is 24.0. The van der Waals surface area contributed by atoms with Crippen LogP contribution >= 0.6 is 0 Å². The highest BCUT2D eigenvalue weighted by Crippen LogP contribution is 2.36. The zero-order chi connectivity index (χ0) is 21.4. The van der Waals surface area contributed by atoms with Gasteiger partial charge in [-0.05, 0) is 29.8 Å². The maximum absolute atomic E-state index is 13.0. The van der Waals surface area contributed by atoms with Crippen molar-refractivity contribution in [3.63, 3.8) is 0 Å². The van der Waals surface area contributed by atoms with Crippen LogP contribution in [-0.4, -0.2) is 58.7 Å². The Labute approximate surface area is 170 Å². The lowest BCUT2D eigenvalue weighted by molar-refractivity contribution is -0.242. The van der Waals surface area contributed by atoms with Crippen molar-refractivity contribution in [1.29, 1.82) is 0 Å². The van der Waals surface area contributed by atoms with Crippen LogP contribution in [0, 0.1) is 0 Å². The maximum atomic E-state index is 13.0. The van der Waals surface area contributed by atoms with Gasteiger partial charge in [0.25, 0.3) is 0 Å². The maximum Gasteiger partial charge on any atom is 0.229 e. The van der Waals surface area contributed by atoms with Crippen LogP contribution in [0.3, 0.4) is 0 Å². The predicted molar refractivity (Wildman–Crippen MR) is 105 cm³/mol. The van der Waals surface area contributed by atoms with Gasteiger partial charge in [-0.1, -0.05) is 12.1 Å². The summed E-state index contributed by atoms with van der Waals surface area (Å²) in [5.41, 5.74) is 0.514. The molecule has 158 valence electrons. The largest absolute Gasteiger partial charge is 0.504 e. The second kappa shape index (κ2) is 7.96. The molecule has 0 aliphatic carbocycles. The second-order valence-corrected chi connectivity index (χ2v) is 6.87. The van der Waals surface area contributed by atoms with Crippen molar-refractivity contribution >= 4 is 11.0 Å². The third-order valence-electron chi connectivity index (χ3n) is 4.96. The van der Waals surface area contributed by atoms with Crippen LogP contribution in [0.5, 0.6) is 17.2 Å². The van der Waals surface area contributed by atoms with E-state index in [1.165, 1.54) is 18.4 Å². The van der Waals surface area contributed by atoms with Gasteiger partial charge in [-0.3, -0.25) is 4.79 Å². The minimum atomic E-state index is -1.58. The SMILES string of the molecule is COc1ccc(-c2coc3c(O[C@@H]4OC[C@@H](O)[C@@H](O)[C@H]4O)c(O)ccc3c2=O)cc1. The van der Waals surface area contributed by atoms with Crippen molar-refractivity contribution in [2.24, 2.45) is 0 Å². The minimum absolute atomic E-state index is 0.0475. The fourth-order valence-corrected chi connectivity index (χ4v) is 3.25. The Morgan fingerprint density at radius 1 is 1.03 bits per heavy atom. The average molecular weight is 416 g/mol. The first kappa shape index (κ1) is 20.2. The molecule has 30 heavy (non-hydrogen) atoms. The second-order valence-electron chi connectivity index (χ2n) is 6.87. The summed E-state index contributed by atoms with van der Waals surface area (Å²) >= 11 is 0. The number of methoxy groups -OCH3 is 1. The number of aliphatic hydroxyl groups is 3. The summed E-state index contributed by atoms with van der Waals surface area (Å²) in [4.78, 5) is 13.0. The third kappa shape index (κ3) is 3.48. The summed E-state index contributed by atoms with van der Waals surface area (Å²) in [6, 6.07) is 9.51. The Morgan fingerprint density at radius 3 is 2.47 bits per heavy atom. The Bertz CT molecular complexity index is 1110. The molecule has 2 aromatic carbocycles. The molecule has 0 amide bonds. The molecule has 1 aromatic heterocycles. The molecular weight excluding hydrogens is 396 g/mol. The van der Waals surface area contributed by atoms with Crippen molar-refractivity contribution in [3.8, 4) is 28.4 Å². The van der Waals surface area contributed by atoms with Crippen LogP contribution in [0.2, 0.25) is 0 Å². The van der Waals surface area contributed by atoms with Gasteiger partial charge in [-0.2, -0.15) is 0 Å². The van der Waals surface area contributed by atoms with Crippen LogP contribution in [0.25, 0.3) is 22.1 Å². The molecule has 4 N–H and O–H groups in total. The van der Waals surface area contributed by atoms with E-state index in [4.69, 9.17) is 18.6 Å². The van der Waals surface area contributed by atoms with Crippen molar-refractivity contribution in [1.82, 2.24) is 0 Å². The molecule has 0 spiro atoms. The summed E-state index contributed by atoms with van der Waals surface area (Å²) in [7, 11) is 1.54. The van der Waals surface area contributed by atoms with E-state index in [1.54, 1.807) is 31.4 Å². The highest BCUT2D eigenvalue weighted by Gasteiger charge is 2.39. The lowest BCUT2D eigenvalue weighted by atomic mass is 10.0. The van der Waals surface area contributed by atoms with Crippen molar-refractivity contribution < 1.29 is 39.1 Å². The van der Waals surface area contributed by atoms with E-state index in [9.17, 15) is 25.2 Å². The number of fused-ring (bicyclic) bond motifs is 1. The number of aromatic hydroxyl groups is 1. The number of hydrogen-bond donors (Lipinski definition) is 4. The molecule has 0 saturated carbocycles. The third-order valence-corrected chi connectivity index (χ3v) is 4.96. The van der Waals surface area contributed by atoms with Gasteiger partial charge in [-0.25, -0.2) is 0 Å². The monoisotopic (exact) mass is 416 g/mol. The predicted octanol–water partition coefficient (Wildman–Crippen LogP) is 0.992. The molecule has 0 radical (unpaired) electrons. The Hall–Kier alpha value is -3.11. The molecule has 1 saturated heterocycles.